The molecule has 1 aliphatic rings. The molecular weight excluding hydrogens is 256 g/mol. The highest BCUT2D eigenvalue weighted by Gasteiger charge is 2.22. The zero-order valence-electron chi connectivity index (χ0n) is 10.4. The van der Waals surface area contributed by atoms with Crippen molar-refractivity contribution < 1.29 is 4.79 Å². The van der Waals surface area contributed by atoms with Crippen LogP contribution in [-0.4, -0.2) is 12.5 Å². The van der Waals surface area contributed by atoms with Crippen molar-refractivity contribution in [1.29, 1.82) is 0 Å². The van der Waals surface area contributed by atoms with E-state index in [1.807, 2.05) is 24.3 Å². The zero-order chi connectivity index (χ0) is 13.2. The Balaban J connectivity index is 2.03. The lowest BCUT2D eigenvalue weighted by Crippen LogP contribution is -2.26. The van der Waals surface area contributed by atoms with E-state index in [0.717, 1.165) is 11.4 Å². The number of amides is 1. The average molecular weight is 270 g/mol. The standard InChI is InChI=1S/C15H14N2OS/c16-15(18)9-10-17-11-5-1-3-7-13(11)19-14-8-4-2-6-12(14)17/h1-8H,9-10H2,(H2,16,18). The first-order valence-corrected chi connectivity index (χ1v) is 6.99. The predicted octanol–water partition coefficient (Wildman–Crippen LogP) is 3.16. The number of nitrogens with two attached hydrogens (primary N) is 1. The molecule has 0 atom stereocenters. The summed E-state index contributed by atoms with van der Waals surface area (Å²) in [5.74, 6) is -0.270. The van der Waals surface area contributed by atoms with Crippen molar-refractivity contribution >= 4 is 29.0 Å². The van der Waals surface area contributed by atoms with E-state index in [4.69, 9.17) is 5.73 Å². The quantitative estimate of drug-likeness (QED) is 0.932. The normalized spacial score (nSPS) is 12.7. The van der Waals surface area contributed by atoms with E-state index in [9.17, 15) is 4.79 Å². The van der Waals surface area contributed by atoms with Crippen LogP contribution in [0, 0.1) is 0 Å². The second kappa shape index (κ2) is 4.97. The molecule has 0 saturated heterocycles. The topological polar surface area (TPSA) is 46.3 Å². The Morgan fingerprint density at radius 3 is 2.05 bits per heavy atom. The number of para-hydroxylation sites is 2. The Hall–Kier alpha value is -1.94. The summed E-state index contributed by atoms with van der Waals surface area (Å²) in [5, 5.41) is 0. The van der Waals surface area contributed by atoms with Crippen LogP contribution in [0.4, 0.5) is 11.4 Å². The molecule has 0 radical (unpaired) electrons. The zero-order valence-corrected chi connectivity index (χ0v) is 11.2. The second-order valence-corrected chi connectivity index (χ2v) is 5.49. The molecule has 0 spiro atoms. The van der Waals surface area contributed by atoms with E-state index in [1.54, 1.807) is 11.8 Å². The van der Waals surface area contributed by atoms with Crippen LogP contribution in [0.1, 0.15) is 6.42 Å². The molecule has 0 fully saturated rings. The summed E-state index contributed by atoms with van der Waals surface area (Å²) < 4.78 is 0. The van der Waals surface area contributed by atoms with Gasteiger partial charge in [-0.2, -0.15) is 0 Å². The van der Waals surface area contributed by atoms with Gasteiger partial charge in [0.25, 0.3) is 0 Å². The van der Waals surface area contributed by atoms with E-state index < -0.39 is 0 Å². The highest BCUT2D eigenvalue weighted by Crippen LogP contribution is 2.47. The second-order valence-electron chi connectivity index (χ2n) is 4.41. The minimum Gasteiger partial charge on any atom is -0.370 e. The largest absolute Gasteiger partial charge is 0.370 e. The summed E-state index contributed by atoms with van der Waals surface area (Å²) in [6.45, 7) is 0.615. The minimum atomic E-state index is -0.270. The van der Waals surface area contributed by atoms with Crippen LogP contribution in [-0.2, 0) is 4.79 Å². The number of hydrogen-bond acceptors (Lipinski definition) is 3. The molecule has 2 aromatic rings. The first kappa shape index (κ1) is 12.1. The number of fused-ring (bicyclic) bond motifs is 2. The van der Waals surface area contributed by atoms with E-state index in [0.29, 0.717) is 13.0 Å². The summed E-state index contributed by atoms with van der Waals surface area (Å²) in [5.41, 5.74) is 7.57. The Labute approximate surface area is 116 Å². The highest BCUT2D eigenvalue weighted by molar-refractivity contribution is 7.99. The first-order valence-electron chi connectivity index (χ1n) is 6.17. The molecule has 0 aromatic heterocycles. The molecule has 1 amide bonds. The van der Waals surface area contributed by atoms with Crippen molar-refractivity contribution in [3.63, 3.8) is 0 Å². The molecule has 1 aliphatic heterocycles. The van der Waals surface area contributed by atoms with Crippen molar-refractivity contribution in [2.24, 2.45) is 5.73 Å². The number of primary amides is 1. The Bertz CT molecular complexity index is 582. The van der Waals surface area contributed by atoms with Crippen molar-refractivity contribution in [2.75, 3.05) is 11.4 Å². The number of rotatable bonds is 3. The molecule has 0 saturated carbocycles. The fraction of sp³-hybridized carbons (Fsp3) is 0.133. The molecule has 2 N–H and O–H groups in total. The van der Waals surface area contributed by atoms with Gasteiger partial charge < -0.3 is 10.6 Å². The smallest absolute Gasteiger partial charge is 0.219 e. The number of benzene rings is 2. The van der Waals surface area contributed by atoms with E-state index in [2.05, 4.69) is 29.2 Å². The molecule has 19 heavy (non-hydrogen) atoms. The van der Waals surface area contributed by atoms with E-state index in [1.165, 1.54) is 9.79 Å². The number of nitrogens with zero attached hydrogens (tertiary/aromatic N) is 1. The van der Waals surface area contributed by atoms with Crippen LogP contribution < -0.4 is 10.6 Å². The van der Waals surface area contributed by atoms with Gasteiger partial charge in [-0.3, -0.25) is 4.79 Å². The van der Waals surface area contributed by atoms with Crippen molar-refractivity contribution in [3.8, 4) is 0 Å². The number of hydrogen-bond donors (Lipinski definition) is 1. The molecule has 3 nitrogen and oxygen atoms in total. The third kappa shape index (κ3) is 2.31. The fourth-order valence-electron chi connectivity index (χ4n) is 2.24. The monoisotopic (exact) mass is 270 g/mol. The number of carbonyl (C=O) groups excluding carboxylic acids is 1. The first-order chi connectivity index (χ1) is 9.25. The maximum absolute atomic E-state index is 11.1. The van der Waals surface area contributed by atoms with Gasteiger partial charge in [-0.1, -0.05) is 36.0 Å². The van der Waals surface area contributed by atoms with Gasteiger partial charge in [0.05, 0.1) is 11.4 Å². The van der Waals surface area contributed by atoms with E-state index >= 15 is 0 Å². The molecule has 2 aromatic carbocycles. The molecular formula is C15H14N2OS. The van der Waals surface area contributed by atoms with Gasteiger partial charge in [0.1, 0.15) is 0 Å². The molecule has 96 valence electrons. The van der Waals surface area contributed by atoms with Crippen molar-refractivity contribution in [1.82, 2.24) is 0 Å². The molecule has 0 bridgehead atoms. The molecule has 4 heteroatoms. The van der Waals surface area contributed by atoms with Crippen LogP contribution in [0.15, 0.2) is 58.3 Å². The van der Waals surface area contributed by atoms with Gasteiger partial charge in [-0.15, -0.1) is 0 Å². The lowest BCUT2D eigenvalue weighted by Gasteiger charge is -2.32. The Morgan fingerprint density at radius 1 is 1.00 bits per heavy atom. The van der Waals surface area contributed by atoms with E-state index in [-0.39, 0.29) is 5.91 Å². The Morgan fingerprint density at radius 2 is 1.53 bits per heavy atom. The van der Waals surface area contributed by atoms with Gasteiger partial charge in [-0.25, -0.2) is 0 Å². The Kier molecular flexibility index (Phi) is 3.17. The van der Waals surface area contributed by atoms with Gasteiger partial charge in [0.15, 0.2) is 0 Å². The van der Waals surface area contributed by atoms with Crippen molar-refractivity contribution in [2.45, 2.75) is 16.2 Å². The maximum atomic E-state index is 11.1. The van der Waals surface area contributed by atoms with Gasteiger partial charge in [0.2, 0.25) is 5.91 Å². The third-order valence-corrected chi connectivity index (χ3v) is 4.24. The van der Waals surface area contributed by atoms with Gasteiger partial charge >= 0.3 is 0 Å². The third-order valence-electron chi connectivity index (χ3n) is 3.11. The lowest BCUT2D eigenvalue weighted by atomic mass is 10.2. The summed E-state index contributed by atoms with van der Waals surface area (Å²) in [4.78, 5) is 15.7. The summed E-state index contributed by atoms with van der Waals surface area (Å²) in [6, 6.07) is 16.5. The maximum Gasteiger partial charge on any atom is 0.219 e. The highest BCUT2D eigenvalue weighted by atomic mass is 32.2. The summed E-state index contributed by atoms with van der Waals surface area (Å²) in [6.07, 6.45) is 0.354. The van der Waals surface area contributed by atoms with Crippen molar-refractivity contribution in [3.05, 3.63) is 48.5 Å². The van der Waals surface area contributed by atoms with Crippen LogP contribution >= 0.6 is 11.8 Å². The predicted molar refractivity (Wildman–Crippen MR) is 77.8 cm³/mol. The average Bonchev–Trinajstić information content (AvgIpc) is 2.43. The molecule has 0 unspecified atom stereocenters. The summed E-state index contributed by atoms with van der Waals surface area (Å²) in [7, 11) is 0. The van der Waals surface area contributed by atoms with Gasteiger partial charge in [0, 0.05) is 22.8 Å². The SMILES string of the molecule is NC(=O)CCN1c2ccccc2Sc2ccccc21. The molecule has 1 heterocycles. The van der Waals surface area contributed by atoms with Gasteiger partial charge in [-0.05, 0) is 24.3 Å². The summed E-state index contributed by atoms with van der Waals surface area (Å²) >= 11 is 1.76. The number of anilines is 2. The van der Waals surface area contributed by atoms with Crippen LogP contribution in [0.2, 0.25) is 0 Å². The number of carbonyl (C=O) groups is 1. The lowest BCUT2D eigenvalue weighted by molar-refractivity contribution is -0.117. The van der Waals surface area contributed by atoms with Crippen LogP contribution in [0.5, 0.6) is 0 Å². The molecule has 0 aliphatic carbocycles. The van der Waals surface area contributed by atoms with Crippen LogP contribution in [0.3, 0.4) is 0 Å². The van der Waals surface area contributed by atoms with Crippen LogP contribution in [0.25, 0.3) is 0 Å². The fourth-order valence-corrected chi connectivity index (χ4v) is 3.34. The molecule has 3 rings (SSSR count). The minimum absolute atomic E-state index is 0.270.